The molecule has 0 saturated carbocycles. The maximum Gasteiger partial charge on any atom is 0.139 e. The van der Waals surface area contributed by atoms with E-state index in [-0.39, 0.29) is 0 Å². The first-order chi connectivity index (χ1) is 8.60. The van der Waals surface area contributed by atoms with E-state index in [1.807, 2.05) is 24.6 Å². The molecule has 5 heteroatoms. The smallest absolute Gasteiger partial charge is 0.139 e. The highest BCUT2D eigenvalue weighted by molar-refractivity contribution is 6.34. The van der Waals surface area contributed by atoms with Gasteiger partial charge >= 0.3 is 0 Å². The van der Waals surface area contributed by atoms with Gasteiger partial charge in [-0.3, -0.25) is 4.68 Å². The third-order valence-corrected chi connectivity index (χ3v) is 3.10. The van der Waals surface area contributed by atoms with Gasteiger partial charge in [0.05, 0.1) is 16.4 Å². The van der Waals surface area contributed by atoms with Crippen LogP contribution in [0.5, 0.6) is 5.75 Å². The fraction of sp³-hybridized carbons (Fsp3) is 0.308. The Morgan fingerprint density at radius 2 is 2.06 bits per heavy atom. The number of hydrogen-bond donors (Lipinski definition) is 0. The lowest BCUT2D eigenvalue weighted by molar-refractivity contribution is 0.292. The molecule has 0 amide bonds. The van der Waals surface area contributed by atoms with Crippen LogP contribution in [0.2, 0.25) is 10.0 Å². The van der Waals surface area contributed by atoms with Crippen LogP contribution in [-0.2, 0) is 13.2 Å². The molecular formula is C13H14Cl2N2O. The summed E-state index contributed by atoms with van der Waals surface area (Å²) in [5.41, 5.74) is 2.00. The first kappa shape index (κ1) is 13.2. The molecule has 2 aromatic rings. The summed E-state index contributed by atoms with van der Waals surface area (Å²) in [4.78, 5) is 0. The Labute approximate surface area is 116 Å². The van der Waals surface area contributed by atoms with Gasteiger partial charge in [0.2, 0.25) is 0 Å². The number of aryl methyl sites for hydroxylation is 2. The molecule has 0 radical (unpaired) electrons. The molecule has 0 fully saturated rings. The molecule has 1 heterocycles. The Kier molecular flexibility index (Phi) is 4.15. The zero-order chi connectivity index (χ0) is 13.1. The molecule has 0 N–H and O–H groups in total. The molecule has 18 heavy (non-hydrogen) atoms. The zero-order valence-electron chi connectivity index (χ0n) is 10.3. The van der Waals surface area contributed by atoms with Gasteiger partial charge in [-0.05, 0) is 32.0 Å². The van der Waals surface area contributed by atoms with Crippen molar-refractivity contribution in [1.82, 2.24) is 9.78 Å². The molecule has 0 bridgehead atoms. The lowest BCUT2D eigenvalue weighted by Gasteiger charge is -2.09. The SMILES string of the molecule is CCn1nc(C)cc1COc1cc(Cl)ccc1Cl. The van der Waals surface area contributed by atoms with Gasteiger partial charge < -0.3 is 4.74 Å². The number of nitrogens with zero attached hydrogens (tertiary/aromatic N) is 2. The van der Waals surface area contributed by atoms with Gasteiger partial charge in [-0.2, -0.15) is 5.10 Å². The lowest BCUT2D eigenvalue weighted by Crippen LogP contribution is -2.06. The molecule has 96 valence electrons. The second-order valence-corrected chi connectivity index (χ2v) is 4.80. The van der Waals surface area contributed by atoms with E-state index >= 15 is 0 Å². The van der Waals surface area contributed by atoms with E-state index in [9.17, 15) is 0 Å². The fourth-order valence-corrected chi connectivity index (χ4v) is 2.06. The Balaban J connectivity index is 2.13. The average molecular weight is 285 g/mol. The Morgan fingerprint density at radius 1 is 1.28 bits per heavy atom. The van der Waals surface area contributed by atoms with Gasteiger partial charge in [-0.1, -0.05) is 23.2 Å². The van der Waals surface area contributed by atoms with E-state index in [0.717, 1.165) is 17.9 Å². The first-order valence-corrected chi connectivity index (χ1v) is 6.47. The van der Waals surface area contributed by atoms with Crippen molar-refractivity contribution in [2.45, 2.75) is 27.0 Å². The van der Waals surface area contributed by atoms with E-state index in [1.165, 1.54) is 0 Å². The van der Waals surface area contributed by atoms with Crippen molar-refractivity contribution >= 4 is 23.2 Å². The first-order valence-electron chi connectivity index (χ1n) is 5.71. The summed E-state index contributed by atoms with van der Waals surface area (Å²) in [5, 5.41) is 5.52. The molecule has 0 aliphatic rings. The summed E-state index contributed by atoms with van der Waals surface area (Å²) in [6.45, 7) is 5.24. The number of benzene rings is 1. The van der Waals surface area contributed by atoms with Crippen LogP contribution in [0.3, 0.4) is 0 Å². The molecule has 2 rings (SSSR count). The van der Waals surface area contributed by atoms with Gasteiger partial charge in [-0.15, -0.1) is 0 Å². The minimum Gasteiger partial charge on any atom is -0.486 e. The third-order valence-electron chi connectivity index (χ3n) is 2.55. The van der Waals surface area contributed by atoms with Crippen molar-refractivity contribution in [1.29, 1.82) is 0 Å². The standard InChI is InChI=1S/C13H14Cl2N2O/c1-3-17-11(6-9(2)16-17)8-18-13-7-10(14)4-5-12(13)15/h4-7H,3,8H2,1-2H3. The van der Waals surface area contributed by atoms with Crippen LogP contribution >= 0.6 is 23.2 Å². The molecule has 0 aliphatic heterocycles. The highest BCUT2D eigenvalue weighted by atomic mass is 35.5. The van der Waals surface area contributed by atoms with Crippen molar-refractivity contribution in [3.05, 3.63) is 45.7 Å². The average Bonchev–Trinajstić information content (AvgIpc) is 2.71. The summed E-state index contributed by atoms with van der Waals surface area (Å²) in [7, 11) is 0. The summed E-state index contributed by atoms with van der Waals surface area (Å²) in [6, 6.07) is 7.17. The van der Waals surface area contributed by atoms with Crippen LogP contribution in [0.1, 0.15) is 18.3 Å². The van der Waals surface area contributed by atoms with Crippen LogP contribution < -0.4 is 4.74 Å². The van der Waals surface area contributed by atoms with E-state index in [2.05, 4.69) is 5.10 Å². The van der Waals surface area contributed by atoms with Crippen LogP contribution in [0, 0.1) is 6.92 Å². The summed E-state index contributed by atoms with van der Waals surface area (Å²) in [6.07, 6.45) is 0. The maximum absolute atomic E-state index is 6.04. The maximum atomic E-state index is 6.04. The van der Waals surface area contributed by atoms with Crippen LogP contribution in [0.15, 0.2) is 24.3 Å². The highest BCUT2D eigenvalue weighted by Gasteiger charge is 2.07. The van der Waals surface area contributed by atoms with Gasteiger partial charge in [0, 0.05) is 17.6 Å². The number of ether oxygens (including phenoxy) is 1. The molecule has 0 aliphatic carbocycles. The summed E-state index contributed by atoms with van der Waals surface area (Å²) >= 11 is 11.9. The number of hydrogen-bond acceptors (Lipinski definition) is 2. The topological polar surface area (TPSA) is 27.1 Å². The highest BCUT2D eigenvalue weighted by Crippen LogP contribution is 2.28. The third kappa shape index (κ3) is 2.98. The molecular weight excluding hydrogens is 271 g/mol. The quantitative estimate of drug-likeness (QED) is 0.845. The van der Waals surface area contributed by atoms with Crippen molar-refractivity contribution in [3.8, 4) is 5.75 Å². The van der Waals surface area contributed by atoms with Crippen LogP contribution in [0.25, 0.3) is 0 Å². The van der Waals surface area contributed by atoms with Crippen molar-refractivity contribution in [3.63, 3.8) is 0 Å². The minimum absolute atomic E-state index is 0.425. The second kappa shape index (κ2) is 5.63. The van der Waals surface area contributed by atoms with E-state index in [0.29, 0.717) is 22.4 Å². The molecule has 1 aromatic heterocycles. The predicted molar refractivity (Wildman–Crippen MR) is 73.4 cm³/mol. The van der Waals surface area contributed by atoms with Crippen molar-refractivity contribution in [2.75, 3.05) is 0 Å². The summed E-state index contributed by atoms with van der Waals surface area (Å²) in [5.74, 6) is 0.589. The lowest BCUT2D eigenvalue weighted by atomic mass is 10.3. The molecule has 0 unspecified atom stereocenters. The Bertz CT molecular complexity index is 552. The van der Waals surface area contributed by atoms with E-state index in [1.54, 1.807) is 18.2 Å². The summed E-state index contributed by atoms with van der Waals surface area (Å²) < 4.78 is 7.59. The minimum atomic E-state index is 0.425. The predicted octanol–water partition coefficient (Wildman–Crippen LogP) is 4.10. The van der Waals surface area contributed by atoms with Crippen LogP contribution in [-0.4, -0.2) is 9.78 Å². The molecule has 0 spiro atoms. The molecule has 3 nitrogen and oxygen atoms in total. The van der Waals surface area contributed by atoms with Gasteiger partial charge in [0.15, 0.2) is 0 Å². The molecule has 1 aromatic carbocycles. The van der Waals surface area contributed by atoms with E-state index in [4.69, 9.17) is 27.9 Å². The van der Waals surface area contributed by atoms with Gasteiger partial charge in [0.1, 0.15) is 12.4 Å². The zero-order valence-corrected chi connectivity index (χ0v) is 11.8. The monoisotopic (exact) mass is 284 g/mol. The Morgan fingerprint density at radius 3 is 2.78 bits per heavy atom. The number of rotatable bonds is 4. The number of halogens is 2. The molecule has 0 saturated heterocycles. The van der Waals surface area contributed by atoms with Crippen molar-refractivity contribution < 1.29 is 4.74 Å². The Hall–Kier alpha value is -1.19. The largest absolute Gasteiger partial charge is 0.486 e. The fourth-order valence-electron chi connectivity index (χ4n) is 1.73. The van der Waals surface area contributed by atoms with Gasteiger partial charge in [0.25, 0.3) is 0 Å². The number of aromatic nitrogens is 2. The van der Waals surface area contributed by atoms with Crippen LogP contribution in [0.4, 0.5) is 0 Å². The van der Waals surface area contributed by atoms with Gasteiger partial charge in [-0.25, -0.2) is 0 Å². The normalized spacial score (nSPS) is 10.7. The van der Waals surface area contributed by atoms with E-state index < -0.39 is 0 Å². The second-order valence-electron chi connectivity index (χ2n) is 3.96. The molecule has 0 atom stereocenters. The van der Waals surface area contributed by atoms with Crippen molar-refractivity contribution in [2.24, 2.45) is 0 Å².